The van der Waals surface area contributed by atoms with Crippen LogP contribution in [0.3, 0.4) is 0 Å². The molecule has 4 rings (SSSR count). The van der Waals surface area contributed by atoms with Gasteiger partial charge in [0.15, 0.2) is 0 Å². The maximum Gasteiger partial charge on any atom is 0.264 e. The summed E-state index contributed by atoms with van der Waals surface area (Å²) in [6.45, 7) is 2.85. The normalized spacial score (nSPS) is 14.8. The van der Waals surface area contributed by atoms with E-state index in [0.29, 0.717) is 26.2 Å². The van der Waals surface area contributed by atoms with Gasteiger partial charge in [0.25, 0.3) is 10.0 Å². The molecule has 3 aromatic carbocycles. The second-order valence-corrected chi connectivity index (χ2v) is 11.0. The summed E-state index contributed by atoms with van der Waals surface area (Å²) in [5.41, 5.74) is 1.32. The van der Waals surface area contributed by atoms with Crippen molar-refractivity contribution in [3.8, 4) is 0 Å². The smallest absolute Gasteiger partial charge is 0.264 e. The van der Waals surface area contributed by atoms with Crippen LogP contribution in [0.2, 0.25) is 10.0 Å². The first-order valence-corrected chi connectivity index (χ1v) is 13.8. The van der Waals surface area contributed by atoms with Crippen LogP contribution in [0.4, 0.5) is 5.69 Å². The van der Waals surface area contributed by atoms with Crippen molar-refractivity contribution in [1.29, 1.82) is 0 Å². The third-order valence-electron chi connectivity index (χ3n) is 6.01. The number of hydrogen-bond donors (Lipinski definition) is 0. The summed E-state index contributed by atoms with van der Waals surface area (Å²) < 4.78 is 28.1. The van der Waals surface area contributed by atoms with E-state index in [1.54, 1.807) is 41.3 Å². The summed E-state index contributed by atoms with van der Waals surface area (Å²) in [7, 11) is -4.05. The van der Waals surface area contributed by atoms with E-state index < -0.39 is 10.0 Å². The highest BCUT2D eigenvalue weighted by atomic mass is 35.5. The molecule has 1 amide bonds. The quantitative estimate of drug-likeness (QED) is 0.399. The molecular weight excluding hydrogens is 517 g/mol. The van der Waals surface area contributed by atoms with E-state index in [-0.39, 0.29) is 33.1 Å². The molecule has 6 nitrogen and oxygen atoms in total. The zero-order valence-electron chi connectivity index (χ0n) is 19.6. The summed E-state index contributed by atoms with van der Waals surface area (Å²) in [5.74, 6) is -0.287. The van der Waals surface area contributed by atoms with Crippen molar-refractivity contribution in [2.24, 2.45) is 0 Å². The van der Waals surface area contributed by atoms with E-state index in [0.717, 1.165) is 16.4 Å². The van der Waals surface area contributed by atoms with Gasteiger partial charge in [-0.25, -0.2) is 8.42 Å². The fourth-order valence-corrected chi connectivity index (χ4v) is 5.90. The molecule has 0 N–H and O–H groups in total. The van der Waals surface area contributed by atoms with Crippen LogP contribution in [-0.2, 0) is 14.8 Å². The summed E-state index contributed by atoms with van der Waals surface area (Å²) in [4.78, 5) is 17.3. The van der Waals surface area contributed by atoms with Crippen molar-refractivity contribution in [1.82, 2.24) is 9.80 Å². The van der Waals surface area contributed by atoms with Crippen molar-refractivity contribution < 1.29 is 13.2 Å². The number of benzene rings is 3. The largest absolute Gasteiger partial charge is 0.339 e. The summed E-state index contributed by atoms with van der Waals surface area (Å²) in [5, 5.41) is 0.300. The second-order valence-electron chi connectivity index (χ2n) is 8.39. The van der Waals surface area contributed by atoms with Crippen LogP contribution < -0.4 is 4.31 Å². The predicted molar refractivity (Wildman–Crippen MR) is 146 cm³/mol. The Bertz CT molecular complexity index is 1310. The average molecular weight is 545 g/mol. The molecule has 36 heavy (non-hydrogen) atoms. The minimum Gasteiger partial charge on any atom is -0.339 e. The molecule has 0 unspecified atom stereocenters. The number of rotatable bonds is 8. The molecule has 1 fully saturated rings. The number of carbonyl (C=O) groups excluding carboxylic acids is 1. The fourth-order valence-electron chi connectivity index (χ4n) is 4.01. The van der Waals surface area contributed by atoms with Gasteiger partial charge in [-0.05, 0) is 29.8 Å². The van der Waals surface area contributed by atoms with Crippen LogP contribution in [0.25, 0.3) is 6.08 Å². The van der Waals surface area contributed by atoms with Crippen LogP contribution in [0.1, 0.15) is 5.56 Å². The number of nitrogens with zero attached hydrogens (tertiary/aromatic N) is 3. The molecule has 188 valence electrons. The highest BCUT2D eigenvalue weighted by Gasteiger charge is 2.31. The number of sulfonamides is 1. The van der Waals surface area contributed by atoms with Crippen molar-refractivity contribution in [3.05, 3.63) is 101 Å². The average Bonchev–Trinajstić information content (AvgIpc) is 2.90. The number of anilines is 1. The zero-order chi connectivity index (χ0) is 25.5. The molecule has 9 heteroatoms. The van der Waals surface area contributed by atoms with Gasteiger partial charge in [0.2, 0.25) is 5.91 Å². The van der Waals surface area contributed by atoms with Gasteiger partial charge >= 0.3 is 0 Å². The Morgan fingerprint density at radius 3 is 2.17 bits per heavy atom. The van der Waals surface area contributed by atoms with Gasteiger partial charge < -0.3 is 4.90 Å². The Morgan fingerprint density at radius 1 is 0.861 bits per heavy atom. The second kappa shape index (κ2) is 11.9. The van der Waals surface area contributed by atoms with Gasteiger partial charge in [0.1, 0.15) is 6.54 Å². The molecule has 0 atom stereocenters. The van der Waals surface area contributed by atoms with Gasteiger partial charge in [-0.2, -0.15) is 0 Å². The van der Waals surface area contributed by atoms with Gasteiger partial charge in [-0.1, -0.05) is 90.0 Å². The van der Waals surface area contributed by atoms with Crippen LogP contribution in [0, 0.1) is 0 Å². The lowest BCUT2D eigenvalue weighted by molar-refractivity contribution is -0.131. The van der Waals surface area contributed by atoms with E-state index in [1.807, 2.05) is 18.2 Å². The zero-order valence-corrected chi connectivity index (χ0v) is 22.0. The van der Waals surface area contributed by atoms with Crippen LogP contribution in [-0.4, -0.2) is 63.4 Å². The summed E-state index contributed by atoms with van der Waals surface area (Å²) in [6, 6.07) is 22.8. The molecule has 1 aliphatic heterocycles. The Kier molecular flexibility index (Phi) is 8.69. The van der Waals surface area contributed by atoms with Crippen LogP contribution >= 0.6 is 23.2 Å². The molecule has 0 radical (unpaired) electrons. The Labute approximate surface area is 222 Å². The monoisotopic (exact) mass is 543 g/mol. The van der Waals surface area contributed by atoms with Crippen molar-refractivity contribution in [2.75, 3.05) is 43.6 Å². The van der Waals surface area contributed by atoms with Crippen molar-refractivity contribution in [3.63, 3.8) is 0 Å². The van der Waals surface area contributed by atoms with Crippen molar-refractivity contribution >= 4 is 50.9 Å². The SMILES string of the molecule is O=C(CN(c1cccc(Cl)c1Cl)S(=O)(=O)c1ccccc1)N1CCN(C/C=C/c2ccccc2)CC1. The standard InChI is InChI=1S/C27H27Cl2N3O3S/c28-24-14-7-15-25(27(24)29)32(36(34,35)23-12-5-2-6-13-23)21-26(33)31-19-17-30(18-20-31)16-8-11-22-9-3-1-4-10-22/h1-15H,16-21H2/b11-8+. The van der Waals surface area contributed by atoms with Gasteiger partial charge in [0.05, 0.1) is 20.6 Å². The molecule has 0 aliphatic carbocycles. The molecule has 3 aromatic rings. The molecule has 0 saturated carbocycles. The van der Waals surface area contributed by atoms with Crippen LogP contribution in [0.15, 0.2) is 89.8 Å². The van der Waals surface area contributed by atoms with E-state index >= 15 is 0 Å². The molecular formula is C27H27Cl2N3O3S. The first-order valence-electron chi connectivity index (χ1n) is 11.6. The van der Waals surface area contributed by atoms with Gasteiger partial charge in [0, 0.05) is 32.7 Å². The molecule has 1 saturated heterocycles. The van der Waals surface area contributed by atoms with Gasteiger partial charge in [-0.15, -0.1) is 0 Å². The topological polar surface area (TPSA) is 60.9 Å². The maximum atomic E-state index is 13.5. The molecule has 1 aliphatic rings. The Hall–Kier alpha value is -2.84. The lowest BCUT2D eigenvalue weighted by Gasteiger charge is -2.35. The summed E-state index contributed by atoms with van der Waals surface area (Å²) >= 11 is 12.6. The number of amides is 1. The van der Waals surface area contributed by atoms with E-state index in [9.17, 15) is 13.2 Å². The molecule has 1 heterocycles. The number of halogens is 2. The third-order valence-corrected chi connectivity index (χ3v) is 8.59. The lowest BCUT2D eigenvalue weighted by Crippen LogP contribution is -2.51. The summed E-state index contributed by atoms with van der Waals surface area (Å²) in [6.07, 6.45) is 4.20. The molecule has 0 aromatic heterocycles. The lowest BCUT2D eigenvalue weighted by atomic mass is 10.2. The number of carbonyl (C=O) groups is 1. The minimum atomic E-state index is -4.05. The highest BCUT2D eigenvalue weighted by molar-refractivity contribution is 7.92. The minimum absolute atomic E-state index is 0.0730. The third kappa shape index (κ3) is 6.28. The van der Waals surface area contributed by atoms with Crippen molar-refractivity contribution in [2.45, 2.75) is 4.90 Å². The Balaban J connectivity index is 1.45. The maximum absolute atomic E-state index is 13.5. The fraction of sp³-hybridized carbons (Fsp3) is 0.222. The predicted octanol–water partition coefficient (Wildman–Crippen LogP) is 5.05. The van der Waals surface area contributed by atoms with E-state index in [2.05, 4.69) is 29.2 Å². The first kappa shape index (κ1) is 26.2. The van der Waals surface area contributed by atoms with Crippen LogP contribution in [0.5, 0.6) is 0 Å². The highest BCUT2D eigenvalue weighted by Crippen LogP contribution is 2.35. The number of hydrogen-bond acceptors (Lipinski definition) is 4. The number of piperazine rings is 1. The molecule has 0 spiro atoms. The molecule has 0 bridgehead atoms. The Morgan fingerprint density at radius 2 is 1.50 bits per heavy atom. The van der Waals surface area contributed by atoms with Gasteiger partial charge in [-0.3, -0.25) is 14.0 Å². The van der Waals surface area contributed by atoms with E-state index in [1.165, 1.54) is 12.1 Å². The first-order chi connectivity index (χ1) is 17.4. The van der Waals surface area contributed by atoms with E-state index in [4.69, 9.17) is 23.2 Å².